The molecular weight excluding hydrogens is 448 g/mol. The van der Waals surface area contributed by atoms with Crippen LogP contribution in [0.5, 0.6) is 17.2 Å². The summed E-state index contributed by atoms with van der Waals surface area (Å²) in [6, 6.07) is 6.93. The highest BCUT2D eigenvalue weighted by atomic mass is 32.2. The van der Waals surface area contributed by atoms with E-state index in [1.54, 1.807) is 18.2 Å². The third kappa shape index (κ3) is 4.59. The number of rotatable bonds is 9. The number of nitrogens with zero attached hydrogens (tertiary/aromatic N) is 3. The highest BCUT2D eigenvalue weighted by Gasteiger charge is 2.31. The van der Waals surface area contributed by atoms with Gasteiger partial charge in [0, 0.05) is 36.0 Å². The molecule has 1 aromatic heterocycles. The van der Waals surface area contributed by atoms with Crippen molar-refractivity contribution in [1.82, 2.24) is 9.97 Å². The number of carbonyl (C=O) groups is 1. The minimum absolute atomic E-state index is 0.0838. The predicted octanol–water partition coefficient (Wildman–Crippen LogP) is 2.70. The Balaban J connectivity index is 2.15. The van der Waals surface area contributed by atoms with Gasteiger partial charge in [-0.2, -0.15) is 0 Å². The molecule has 0 saturated carbocycles. The SMILES string of the molecule is COc1ccc(CN(c2ccncn2)S(=O)(=O)c2cc(OC=O)c(F)cc2F)c(OC)c1. The maximum absolute atomic E-state index is 14.6. The summed E-state index contributed by atoms with van der Waals surface area (Å²) in [5, 5.41) is 0. The van der Waals surface area contributed by atoms with Crippen LogP contribution in [0.4, 0.5) is 14.6 Å². The van der Waals surface area contributed by atoms with Gasteiger partial charge in [0.05, 0.1) is 20.8 Å². The van der Waals surface area contributed by atoms with Gasteiger partial charge in [0.15, 0.2) is 11.6 Å². The minimum Gasteiger partial charge on any atom is -0.497 e. The Morgan fingerprint density at radius 2 is 1.81 bits per heavy atom. The second-order valence-electron chi connectivity index (χ2n) is 6.18. The molecule has 0 bridgehead atoms. The Kier molecular flexibility index (Phi) is 6.83. The summed E-state index contributed by atoms with van der Waals surface area (Å²) in [4.78, 5) is 17.4. The third-order valence-electron chi connectivity index (χ3n) is 4.36. The number of aromatic nitrogens is 2. The van der Waals surface area contributed by atoms with Crippen LogP contribution in [0.1, 0.15) is 5.56 Å². The molecule has 0 saturated heterocycles. The van der Waals surface area contributed by atoms with Gasteiger partial charge in [0.2, 0.25) is 0 Å². The van der Waals surface area contributed by atoms with Gasteiger partial charge in [-0.25, -0.2) is 31.5 Å². The zero-order valence-corrected chi connectivity index (χ0v) is 17.7. The molecule has 0 amide bonds. The van der Waals surface area contributed by atoms with Crippen LogP contribution in [-0.2, 0) is 21.4 Å². The number of carbonyl (C=O) groups excluding carboxylic acids is 1. The van der Waals surface area contributed by atoms with Crippen molar-refractivity contribution >= 4 is 22.3 Å². The topological polar surface area (TPSA) is 108 Å². The van der Waals surface area contributed by atoms with E-state index >= 15 is 0 Å². The van der Waals surface area contributed by atoms with Crippen molar-refractivity contribution in [2.24, 2.45) is 0 Å². The molecular formula is C20H17F2N3O6S. The lowest BCUT2D eigenvalue weighted by Crippen LogP contribution is -2.32. The number of ether oxygens (including phenoxy) is 3. The van der Waals surface area contributed by atoms with Gasteiger partial charge in [-0.05, 0) is 12.1 Å². The summed E-state index contributed by atoms with van der Waals surface area (Å²) >= 11 is 0. The molecule has 1 heterocycles. The Morgan fingerprint density at radius 3 is 2.44 bits per heavy atom. The van der Waals surface area contributed by atoms with Crippen LogP contribution in [0.15, 0.2) is 53.8 Å². The number of sulfonamides is 1. The molecule has 3 aromatic rings. The first-order valence-electron chi connectivity index (χ1n) is 8.90. The fourth-order valence-electron chi connectivity index (χ4n) is 2.83. The highest BCUT2D eigenvalue weighted by molar-refractivity contribution is 7.92. The number of anilines is 1. The zero-order chi connectivity index (χ0) is 23.3. The lowest BCUT2D eigenvalue weighted by atomic mass is 10.2. The first kappa shape index (κ1) is 22.9. The van der Waals surface area contributed by atoms with E-state index in [-0.39, 0.29) is 18.8 Å². The van der Waals surface area contributed by atoms with Crippen molar-refractivity contribution in [3.63, 3.8) is 0 Å². The highest BCUT2D eigenvalue weighted by Crippen LogP contribution is 2.32. The van der Waals surface area contributed by atoms with Crippen molar-refractivity contribution < 1.29 is 36.2 Å². The van der Waals surface area contributed by atoms with Crippen molar-refractivity contribution in [3.05, 3.63) is 66.1 Å². The van der Waals surface area contributed by atoms with Crippen LogP contribution >= 0.6 is 0 Å². The number of halogens is 2. The molecule has 0 aliphatic heterocycles. The molecule has 0 unspecified atom stereocenters. The van der Waals surface area contributed by atoms with Gasteiger partial charge in [-0.15, -0.1) is 0 Å². The van der Waals surface area contributed by atoms with Crippen molar-refractivity contribution in [2.45, 2.75) is 11.4 Å². The predicted molar refractivity (Wildman–Crippen MR) is 108 cm³/mol. The molecule has 9 nitrogen and oxygen atoms in total. The van der Waals surface area contributed by atoms with Gasteiger partial charge in [0.1, 0.15) is 34.4 Å². The van der Waals surface area contributed by atoms with Gasteiger partial charge in [0.25, 0.3) is 16.5 Å². The lowest BCUT2D eigenvalue weighted by Gasteiger charge is -2.24. The molecule has 0 spiro atoms. The van der Waals surface area contributed by atoms with E-state index < -0.39 is 32.3 Å². The van der Waals surface area contributed by atoms with Crippen LogP contribution in [0.3, 0.4) is 0 Å². The van der Waals surface area contributed by atoms with E-state index in [1.165, 1.54) is 26.5 Å². The number of hydrogen-bond acceptors (Lipinski definition) is 8. The Bertz CT molecular complexity index is 1230. The van der Waals surface area contributed by atoms with Crippen LogP contribution in [0, 0.1) is 11.6 Å². The molecule has 0 aliphatic carbocycles. The van der Waals surface area contributed by atoms with E-state index in [9.17, 15) is 22.0 Å². The summed E-state index contributed by atoms with van der Waals surface area (Å²) in [6.07, 6.45) is 2.42. The molecule has 0 aliphatic rings. The van der Waals surface area contributed by atoms with E-state index in [4.69, 9.17) is 9.47 Å². The van der Waals surface area contributed by atoms with Crippen molar-refractivity contribution in [2.75, 3.05) is 18.5 Å². The third-order valence-corrected chi connectivity index (χ3v) is 6.12. The molecule has 3 rings (SSSR count). The van der Waals surface area contributed by atoms with Crippen LogP contribution in [-0.4, -0.2) is 39.1 Å². The second kappa shape index (κ2) is 9.56. The molecule has 0 atom stereocenters. The van der Waals surface area contributed by atoms with E-state index in [0.717, 1.165) is 10.6 Å². The molecule has 0 N–H and O–H groups in total. The molecule has 168 valence electrons. The van der Waals surface area contributed by atoms with Gasteiger partial charge in [-0.3, -0.25) is 4.79 Å². The smallest absolute Gasteiger partial charge is 0.298 e. The van der Waals surface area contributed by atoms with Crippen molar-refractivity contribution in [1.29, 1.82) is 0 Å². The Morgan fingerprint density at radius 1 is 1.03 bits per heavy atom. The van der Waals surface area contributed by atoms with E-state index in [0.29, 0.717) is 29.2 Å². The monoisotopic (exact) mass is 465 g/mol. The van der Waals surface area contributed by atoms with E-state index in [1.807, 2.05) is 0 Å². The molecule has 12 heteroatoms. The average Bonchev–Trinajstić information content (AvgIpc) is 2.79. The zero-order valence-electron chi connectivity index (χ0n) is 16.9. The molecule has 0 fully saturated rings. The lowest BCUT2D eigenvalue weighted by molar-refractivity contribution is -0.120. The average molecular weight is 465 g/mol. The summed E-state index contributed by atoms with van der Waals surface area (Å²) in [7, 11) is -1.81. The first-order chi connectivity index (χ1) is 15.3. The standard InChI is InChI=1S/C20H17F2N3O6S/c1-29-14-4-3-13(17(7-14)30-2)10-25(20-5-6-23-11-24-20)32(27,28)19-9-18(31-12-26)15(21)8-16(19)22/h3-9,11-12H,10H2,1-2H3. The molecule has 32 heavy (non-hydrogen) atoms. The quantitative estimate of drug-likeness (QED) is 0.444. The number of benzene rings is 2. The fourth-order valence-corrected chi connectivity index (χ4v) is 4.29. The first-order valence-corrected chi connectivity index (χ1v) is 10.3. The normalized spacial score (nSPS) is 11.0. The molecule has 2 aromatic carbocycles. The summed E-state index contributed by atoms with van der Waals surface area (Å²) < 4.78 is 71.0. The van der Waals surface area contributed by atoms with Crippen molar-refractivity contribution in [3.8, 4) is 17.2 Å². The maximum Gasteiger partial charge on any atom is 0.298 e. The van der Waals surface area contributed by atoms with Gasteiger partial charge < -0.3 is 14.2 Å². The maximum atomic E-state index is 14.6. The fraction of sp³-hybridized carbons (Fsp3) is 0.150. The Hall–Kier alpha value is -3.80. The summed E-state index contributed by atoms with van der Waals surface area (Å²) in [6.45, 7) is -0.426. The van der Waals surface area contributed by atoms with E-state index in [2.05, 4.69) is 14.7 Å². The minimum atomic E-state index is -4.66. The van der Waals surface area contributed by atoms with Crippen LogP contribution in [0.25, 0.3) is 0 Å². The van der Waals surface area contributed by atoms with Gasteiger partial charge >= 0.3 is 0 Å². The largest absolute Gasteiger partial charge is 0.497 e. The summed E-state index contributed by atoms with van der Waals surface area (Å²) in [5.74, 6) is -2.66. The second-order valence-corrected chi connectivity index (χ2v) is 8.01. The Labute approximate surface area is 182 Å². The van der Waals surface area contributed by atoms with Crippen LogP contribution < -0.4 is 18.5 Å². The van der Waals surface area contributed by atoms with Gasteiger partial charge in [-0.1, -0.05) is 0 Å². The number of hydrogen-bond donors (Lipinski definition) is 0. The molecule has 0 radical (unpaired) electrons. The number of methoxy groups -OCH3 is 2. The summed E-state index contributed by atoms with van der Waals surface area (Å²) in [5.41, 5.74) is 0.405. The van der Waals surface area contributed by atoms with Crippen LogP contribution in [0.2, 0.25) is 0 Å².